The van der Waals surface area contributed by atoms with E-state index in [0.717, 1.165) is 10.4 Å². The second-order valence-electron chi connectivity index (χ2n) is 5.65. The molecule has 1 fully saturated rings. The number of carbonyl (C=O) groups excluding carboxylic acids is 2. The summed E-state index contributed by atoms with van der Waals surface area (Å²) in [5, 5.41) is 1.92. The zero-order valence-electron chi connectivity index (χ0n) is 13.0. The lowest BCUT2D eigenvalue weighted by atomic mass is 10.0. The molecule has 3 rings (SSSR count). The van der Waals surface area contributed by atoms with Crippen molar-refractivity contribution in [2.45, 2.75) is 19.4 Å². The molecule has 1 unspecified atom stereocenters. The maximum absolute atomic E-state index is 12.8. The number of hydrogen-bond donors (Lipinski definition) is 0. The summed E-state index contributed by atoms with van der Waals surface area (Å²) in [5.74, 6) is 0.0495. The molecule has 1 aliphatic heterocycles. The average molecular weight is 329 g/mol. The van der Waals surface area contributed by atoms with Gasteiger partial charge in [-0.05, 0) is 23.9 Å². The van der Waals surface area contributed by atoms with Crippen LogP contribution in [0.15, 0.2) is 41.8 Å². The van der Waals surface area contributed by atoms with E-state index in [1.165, 1.54) is 11.3 Å². The molecule has 0 spiro atoms. The van der Waals surface area contributed by atoms with E-state index < -0.39 is 0 Å². The molecule has 0 radical (unpaired) electrons. The average Bonchev–Trinajstić information content (AvgIpc) is 3.01. The van der Waals surface area contributed by atoms with Gasteiger partial charge in [0.2, 0.25) is 0 Å². The van der Waals surface area contributed by atoms with Gasteiger partial charge < -0.3 is 9.64 Å². The van der Waals surface area contributed by atoms with E-state index in [-0.39, 0.29) is 17.7 Å². The van der Waals surface area contributed by atoms with Crippen molar-refractivity contribution in [2.24, 2.45) is 0 Å². The van der Waals surface area contributed by atoms with Crippen LogP contribution in [0.3, 0.4) is 0 Å². The highest BCUT2D eigenvalue weighted by atomic mass is 32.1. The van der Waals surface area contributed by atoms with Crippen LogP contribution in [0, 0.1) is 6.92 Å². The number of nitrogens with zero attached hydrogens (tertiary/aromatic N) is 1. The molecule has 0 bridgehead atoms. The molecule has 120 valence electrons. The van der Waals surface area contributed by atoms with Gasteiger partial charge in [0.05, 0.1) is 24.1 Å². The quantitative estimate of drug-likeness (QED) is 0.810. The molecule has 0 N–H and O–H groups in total. The van der Waals surface area contributed by atoms with Crippen LogP contribution in [0.4, 0.5) is 0 Å². The SMILES string of the molecule is Cc1ccsc1C(=O)N1CCOCC1CC(=O)c1ccccc1. The first-order chi connectivity index (χ1) is 11.2. The highest BCUT2D eigenvalue weighted by Gasteiger charge is 2.31. The van der Waals surface area contributed by atoms with Crippen LogP contribution < -0.4 is 0 Å². The zero-order valence-corrected chi connectivity index (χ0v) is 13.8. The second kappa shape index (κ2) is 7.06. The van der Waals surface area contributed by atoms with Crippen LogP contribution in [0.5, 0.6) is 0 Å². The standard InChI is InChI=1S/C18H19NO3S/c1-13-7-10-23-17(13)18(21)19-8-9-22-12-15(19)11-16(20)14-5-3-2-4-6-14/h2-7,10,15H,8-9,11-12H2,1H3. The number of Topliss-reactive ketones (excluding diaryl/α,β-unsaturated/α-hetero) is 1. The third-order valence-electron chi connectivity index (χ3n) is 4.06. The number of benzene rings is 1. The molecule has 1 aliphatic rings. The van der Waals surface area contributed by atoms with Gasteiger partial charge in [-0.2, -0.15) is 0 Å². The second-order valence-corrected chi connectivity index (χ2v) is 6.57. The van der Waals surface area contributed by atoms with Crippen molar-refractivity contribution in [3.05, 3.63) is 57.8 Å². The first kappa shape index (κ1) is 15.9. The minimum absolute atomic E-state index is 0.00617. The molecule has 2 heterocycles. The maximum atomic E-state index is 12.8. The van der Waals surface area contributed by atoms with Gasteiger partial charge in [0.15, 0.2) is 5.78 Å². The predicted octanol–water partition coefficient (Wildman–Crippen LogP) is 3.17. The molecular weight excluding hydrogens is 310 g/mol. The smallest absolute Gasteiger partial charge is 0.264 e. The third kappa shape index (κ3) is 3.51. The Morgan fingerprint density at radius 2 is 2.04 bits per heavy atom. The molecule has 1 atom stereocenters. The van der Waals surface area contributed by atoms with E-state index in [9.17, 15) is 9.59 Å². The Balaban J connectivity index is 1.75. The van der Waals surface area contributed by atoms with Crippen molar-refractivity contribution in [1.82, 2.24) is 4.90 Å². The topological polar surface area (TPSA) is 46.6 Å². The minimum Gasteiger partial charge on any atom is -0.377 e. The number of morpholine rings is 1. The largest absolute Gasteiger partial charge is 0.377 e. The third-order valence-corrected chi connectivity index (χ3v) is 5.07. The van der Waals surface area contributed by atoms with Gasteiger partial charge in [0.25, 0.3) is 5.91 Å². The highest BCUT2D eigenvalue weighted by Crippen LogP contribution is 2.22. The lowest BCUT2D eigenvalue weighted by molar-refractivity contribution is -0.00258. The van der Waals surface area contributed by atoms with E-state index in [2.05, 4.69) is 0 Å². The van der Waals surface area contributed by atoms with Crippen molar-refractivity contribution in [3.8, 4) is 0 Å². The van der Waals surface area contributed by atoms with Crippen molar-refractivity contribution < 1.29 is 14.3 Å². The Morgan fingerprint density at radius 1 is 1.26 bits per heavy atom. The summed E-state index contributed by atoms with van der Waals surface area (Å²) in [6.45, 7) is 3.40. The number of aryl methyl sites for hydroxylation is 1. The van der Waals surface area contributed by atoms with Crippen LogP contribution in [0.25, 0.3) is 0 Å². The van der Waals surface area contributed by atoms with Crippen LogP contribution in [-0.2, 0) is 4.74 Å². The number of amides is 1. The number of hydrogen-bond acceptors (Lipinski definition) is 4. The van der Waals surface area contributed by atoms with E-state index in [1.54, 1.807) is 4.90 Å². The van der Waals surface area contributed by atoms with Gasteiger partial charge in [0.1, 0.15) is 0 Å². The molecule has 5 heteroatoms. The number of carbonyl (C=O) groups is 2. The molecule has 1 saturated heterocycles. The fourth-order valence-electron chi connectivity index (χ4n) is 2.77. The first-order valence-electron chi connectivity index (χ1n) is 7.68. The number of ketones is 1. The summed E-state index contributed by atoms with van der Waals surface area (Å²) in [7, 11) is 0. The summed E-state index contributed by atoms with van der Waals surface area (Å²) in [6.07, 6.45) is 0.292. The Labute approximate surface area is 139 Å². The Morgan fingerprint density at radius 3 is 2.74 bits per heavy atom. The summed E-state index contributed by atoms with van der Waals surface area (Å²) in [5.41, 5.74) is 1.66. The Bertz CT molecular complexity index is 695. The normalized spacial score (nSPS) is 18.0. The lowest BCUT2D eigenvalue weighted by Gasteiger charge is -2.35. The van der Waals surface area contributed by atoms with Crippen LogP contribution in [-0.4, -0.2) is 42.4 Å². The number of ether oxygens (including phenoxy) is 1. The molecule has 0 saturated carbocycles. The summed E-state index contributed by atoms with van der Waals surface area (Å²) in [4.78, 5) is 27.8. The minimum atomic E-state index is -0.203. The lowest BCUT2D eigenvalue weighted by Crippen LogP contribution is -2.49. The Kier molecular flexibility index (Phi) is 4.88. The number of rotatable bonds is 4. The van der Waals surface area contributed by atoms with Crippen molar-refractivity contribution in [2.75, 3.05) is 19.8 Å². The molecule has 1 aromatic carbocycles. The summed E-state index contributed by atoms with van der Waals surface area (Å²) >= 11 is 1.45. The molecule has 4 nitrogen and oxygen atoms in total. The van der Waals surface area contributed by atoms with Crippen molar-refractivity contribution in [3.63, 3.8) is 0 Å². The zero-order chi connectivity index (χ0) is 16.2. The molecule has 1 aromatic heterocycles. The van der Waals surface area contributed by atoms with Gasteiger partial charge in [-0.3, -0.25) is 9.59 Å². The van der Waals surface area contributed by atoms with E-state index >= 15 is 0 Å². The maximum Gasteiger partial charge on any atom is 0.264 e. The fourth-order valence-corrected chi connectivity index (χ4v) is 3.65. The molecule has 2 aromatic rings. The summed E-state index contributed by atoms with van der Waals surface area (Å²) in [6, 6.07) is 10.9. The van der Waals surface area contributed by atoms with Crippen LogP contribution >= 0.6 is 11.3 Å². The molecule has 1 amide bonds. The Hall–Kier alpha value is -1.98. The van der Waals surface area contributed by atoms with E-state index in [1.807, 2.05) is 48.7 Å². The van der Waals surface area contributed by atoms with Crippen molar-refractivity contribution in [1.29, 1.82) is 0 Å². The van der Waals surface area contributed by atoms with Crippen LogP contribution in [0.1, 0.15) is 32.0 Å². The first-order valence-corrected chi connectivity index (χ1v) is 8.56. The van der Waals surface area contributed by atoms with Crippen molar-refractivity contribution >= 4 is 23.0 Å². The molecule has 0 aliphatic carbocycles. The molecular formula is C18H19NO3S. The van der Waals surface area contributed by atoms with E-state index in [4.69, 9.17) is 4.74 Å². The fraction of sp³-hybridized carbons (Fsp3) is 0.333. The summed E-state index contributed by atoms with van der Waals surface area (Å²) < 4.78 is 5.50. The highest BCUT2D eigenvalue weighted by molar-refractivity contribution is 7.12. The van der Waals surface area contributed by atoms with Gasteiger partial charge >= 0.3 is 0 Å². The van der Waals surface area contributed by atoms with Gasteiger partial charge in [-0.25, -0.2) is 0 Å². The van der Waals surface area contributed by atoms with Gasteiger partial charge in [-0.15, -0.1) is 11.3 Å². The molecule has 23 heavy (non-hydrogen) atoms. The number of thiophene rings is 1. The predicted molar refractivity (Wildman–Crippen MR) is 90.1 cm³/mol. The van der Waals surface area contributed by atoms with Crippen LogP contribution in [0.2, 0.25) is 0 Å². The van der Waals surface area contributed by atoms with Gasteiger partial charge in [0, 0.05) is 18.5 Å². The monoisotopic (exact) mass is 329 g/mol. The van der Waals surface area contributed by atoms with Gasteiger partial charge in [-0.1, -0.05) is 30.3 Å². The van der Waals surface area contributed by atoms with E-state index in [0.29, 0.717) is 31.7 Å².